The van der Waals surface area contributed by atoms with Gasteiger partial charge < -0.3 is 5.41 Å². The quantitative estimate of drug-likeness (QED) is 0.390. The summed E-state index contributed by atoms with van der Waals surface area (Å²) in [5.74, 6) is 6.18. The average molecular weight is 283 g/mol. The van der Waals surface area contributed by atoms with Crippen LogP contribution in [0, 0.1) is 17.3 Å². The summed E-state index contributed by atoms with van der Waals surface area (Å²) < 4.78 is 0. The minimum Gasteiger partial charge on any atom is -0.306 e. The fourth-order valence-electron chi connectivity index (χ4n) is 1.85. The first-order valence-electron chi connectivity index (χ1n) is 6.49. The van der Waals surface area contributed by atoms with E-state index in [9.17, 15) is 0 Å². The number of hydrogen-bond donors (Lipinski definition) is 1. The van der Waals surface area contributed by atoms with Gasteiger partial charge in [-0.2, -0.15) is 0 Å². The summed E-state index contributed by atoms with van der Waals surface area (Å²) in [7, 11) is 0. The van der Waals surface area contributed by atoms with Crippen LogP contribution in [0.5, 0.6) is 0 Å². The monoisotopic (exact) mass is 282 g/mol. The molecule has 100 valence electrons. The van der Waals surface area contributed by atoms with E-state index >= 15 is 0 Å². The topological polar surface area (TPSA) is 36.7 Å². The molecule has 0 fully saturated rings. The van der Waals surface area contributed by atoms with Crippen molar-refractivity contribution in [1.29, 1.82) is 5.41 Å². The normalized spacial score (nSPS) is 9.65. The number of aryl methyl sites for hydroxylation is 1. The van der Waals surface area contributed by atoms with Crippen LogP contribution >= 0.6 is 11.6 Å². The van der Waals surface area contributed by atoms with Gasteiger partial charge in [0.05, 0.1) is 11.3 Å². The molecule has 3 heteroatoms. The van der Waals surface area contributed by atoms with Crippen molar-refractivity contribution in [2.45, 2.75) is 19.3 Å². The molecule has 0 aliphatic rings. The Morgan fingerprint density at radius 1 is 1.15 bits per heavy atom. The Morgan fingerprint density at radius 3 is 2.70 bits per heavy atom. The first-order chi connectivity index (χ1) is 9.79. The van der Waals surface area contributed by atoms with Crippen molar-refractivity contribution >= 4 is 17.8 Å². The zero-order chi connectivity index (χ0) is 14.2. The van der Waals surface area contributed by atoms with E-state index < -0.39 is 0 Å². The lowest BCUT2D eigenvalue weighted by molar-refractivity contribution is 0.858. The molecule has 0 aliphatic heterocycles. The first kappa shape index (κ1) is 14.3. The van der Waals surface area contributed by atoms with E-state index in [1.165, 1.54) is 11.8 Å². The number of halogens is 1. The third kappa shape index (κ3) is 4.22. The molecule has 0 bridgehead atoms. The van der Waals surface area contributed by atoms with E-state index in [1.54, 1.807) is 12.1 Å². The Hall–Kier alpha value is -2.11. The molecule has 0 unspecified atom stereocenters. The number of unbranched alkanes of at least 4 members (excludes halogenated alkanes) is 1. The van der Waals surface area contributed by atoms with Gasteiger partial charge in [0.25, 0.3) is 0 Å². The minimum absolute atomic E-state index is 0.387. The van der Waals surface area contributed by atoms with Gasteiger partial charge in [-0.3, -0.25) is 0 Å². The van der Waals surface area contributed by atoms with E-state index in [2.05, 4.69) is 41.1 Å². The van der Waals surface area contributed by atoms with Gasteiger partial charge in [-0.25, -0.2) is 4.98 Å². The third-order valence-corrected chi connectivity index (χ3v) is 3.07. The average Bonchev–Trinajstić information content (AvgIpc) is 2.49. The SMILES string of the molecule is N=Cc1nc(Cl)ccc1C#CCCCc1ccccc1. The van der Waals surface area contributed by atoms with E-state index in [4.69, 9.17) is 17.0 Å². The lowest BCUT2D eigenvalue weighted by atomic mass is 10.1. The Balaban J connectivity index is 1.90. The zero-order valence-electron chi connectivity index (χ0n) is 11.1. The Morgan fingerprint density at radius 2 is 1.95 bits per heavy atom. The molecule has 2 aromatic rings. The van der Waals surface area contributed by atoms with Gasteiger partial charge in [0, 0.05) is 12.6 Å². The van der Waals surface area contributed by atoms with Gasteiger partial charge in [0.1, 0.15) is 5.15 Å². The molecular formula is C17H15ClN2. The zero-order valence-corrected chi connectivity index (χ0v) is 11.8. The van der Waals surface area contributed by atoms with Crippen molar-refractivity contribution in [1.82, 2.24) is 4.98 Å². The Bertz CT molecular complexity index is 639. The molecule has 2 nitrogen and oxygen atoms in total. The lowest BCUT2D eigenvalue weighted by Gasteiger charge is -1.98. The largest absolute Gasteiger partial charge is 0.306 e. The number of pyridine rings is 1. The smallest absolute Gasteiger partial charge is 0.129 e. The summed E-state index contributed by atoms with van der Waals surface area (Å²) in [6.07, 6.45) is 4.07. The van der Waals surface area contributed by atoms with Crippen molar-refractivity contribution in [2.24, 2.45) is 0 Å². The Kier molecular flexibility index (Phi) is 5.34. The predicted octanol–water partition coefficient (Wildman–Crippen LogP) is 4.11. The van der Waals surface area contributed by atoms with E-state index in [0.717, 1.165) is 24.8 Å². The van der Waals surface area contributed by atoms with Gasteiger partial charge in [0.2, 0.25) is 0 Å². The van der Waals surface area contributed by atoms with Crippen LogP contribution in [0.3, 0.4) is 0 Å². The maximum Gasteiger partial charge on any atom is 0.129 e. The molecule has 2 rings (SSSR count). The number of hydrogen-bond acceptors (Lipinski definition) is 2. The number of nitrogens with zero attached hydrogens (tertiary/aromatic N) is 1. The third-order valence-electron chi connectivity index (χ3n) is 2.86. The highest BCUT2D eigenvalue weighted by Gasteiger charge is 1.99. The molecule has 0 radical (unpaired) electrons. The fraction of sp³-hybridized carbons (Fsp3) is 0.176. The van der Waals surface area contributed by atoms with Gasteiger partial charge in [-0.05, 0) is 30.5 Å². The molecule has 0 amide bonds. The highest BCUT2D eigenvalue weighted by Crippen LogP contribution is 2.09. The van der Waals surface area contributed by atoms with Crippen LogP contribution in [0.1, 0.15) is 29.7 Å². The molecular weight excluding hydrogens is 268 g/mol. The predicted molar refractivity (Wildman–Crippen MR) is 83.4 cm³/mol. The van der Waals surface area contributed by atoms with Gasteiger partial charge in [-0.1, -0.05) is 53.8 Å². The number of benzene rings is 1. The minimum atomic E-state index is 0.387. The van der Waals surface area contributed by atoms with E-state index in [1.807, 2.05) is 6.07 Å². The molecule has 1 heterocycles. The number of nitrogens with one attached hydrogen (secondary N) is 1. The summed E-state index contributed by atoms with van der Waals surface area (Å²) in [5.41, 5.74) is 2.61. The lowest BCUT2D eigenvalue weighted by Crippen LogP contribution is -1.92. The van der Waals surface area contributed by atoms with E-state index in [-0.39, 0.29) is 0 Å². The highest BCUT2D eigenvalue weighted by molar-refractivity contribution is 6.29. The van der Waals surface area contributed by atoms with Crippen molar-refractivity contribution in [3.05, 3.63) is 64.4 Å². The summed E-state index contributed by atoms with van der Waals surface area (Å²) in [6.45, 7) is 0. The fourth-order valence-corrected chi connectivity index (χ4v) is 2.00. The van der Waals surface area contributed by atoms with E-state index in [0.29, 0.717) is 10.8 Å². The molecule has 0 atom stereocenters. The maximum atomic E-state index is 7.30. The number of aromatic nitrogens is 1. The van der Waals surface area contributed by atoms with Crippen LogP contribution in [0.4, 0.5) is 0 Å². The van der Waals surface area contributed by atoms with Gasteiger partial charge in [0.15, 0.2) is 0 Å². The summed E-state index contributed by atoms with van der Waals surface area (Å²) >= 11 is 5.78. The van der Waals surface area contributed by atoms with Gasteiger partial charge >= 0.3 is 0 Å². The summed E-state index contributed by atoms with van der Waals surface area (Å²) in [4.78, 5) is 4.06. The van der Waals surface area contributed by atoms with Crippen molar-refractivity contribution in [3.63, 3.8) is 0 Å². The second-order valence-corrected chi connectivity index (χ2v) is 4.74. The van der Waals surface area contributed by atoms with Crippen LogP contribution in [0.15, 0.2) is 42.5 Å². The van der Waals surface area contributed by atoms with Crippen molar-refractivity contribution in [3.8, 4) is 11.8 Å². The molecule has 1 N–H and O–H groups in total. The molecule has 0 saturated heterocycles. The Labute approximate surface area is 124 Å². The molecule has 20 heavy (non-hydrogen) atoms. The highest BCUT2D eigenvalue weighted by atomic mass is 35.5. The second kappa shape index (κ2) is 7.47. The van der Waals surface area contributed by atoms with Crippen molar-refractivity contribution < 1.29 is 0 Å². The standard InChI is InChI=1S/C17H15ClN2/c18-17-12-11-15(16(13-19)20-17)10-6-2-5-9-14-7-3-1-4-8-14/h1,3-4,7-8,11-13,19H,2,5,9H2. The van der Waals surface area contributed by atoms with Crippen LogP contribution in [0.2, 0.25) is 5.15 Å². The van der Waals surface area contributed by atoms with Crippen molar-refractivity contribution in [2.75, 3.05) is 0 Å². The van der Waals surface area contributed by atoms with Crippen LogP contribution in [-0.4, -0.2) is 11.2 Å². The van der Waals surface area contributed by atoms with Crippen LogP contribution < -0.4 is 0 Å². The molecule has 0 spiro atoms. The molecule has 1 aromatic heterocycles. The maximum absolute atomic E-state index is 7.30. The summed E-state index contributed by atoms with van der Waals surface area (Å²) in [6, 6.07) is 13.9. The van der Waals surface area contributed by atoms with Crippen LogP contribution in [-0.2, 0) is 6.42 Å². The molecule has 1 aromatic carbocycles. The summed E-state index contributed by atoms with van der Waals surface area (Å²) in [5, 5.41) is 7.68. The second-order valence-electron chi connectivity index (χ2n) is 4.35. The van der Waals surface area contributed by atoms with Gasteiger partial charge in [-0.15, -0.1) is 0 Å². The first-order valence-corrected chi connectivity index (χ1v) is 6.87. The molecule has 0 aliphatic carbocycles. The number of rotatable bonds is 4. The molecule has 0 saturated carbocycles. The van der Waals surface area contributed by atoms with Crippen LogP contribution in [0.25, 0.3) is 0 Å².